The minimum absolute atomic E-state index is 0.0212. The van der Waals surface area contributed by atoms with Gasteiger partial charge in [0.1, 0.15) is 0 Å². The lowest BCUT2D eigenvalue weighted by Gasteiger charge is -2.25. The number of hydrogen-bond acceptors (Lipinski definition) is 3. The van der Waals surface area contributed by atoms with Crippen molar-refractivity contribution >= 4 is 21.4 Å². The average Bonchev–Trinajstić information content (AvgIpc) is 2.74. The summed E-state index contributed by atoms with van der Waals surface area (Å²) in [4.78, 5) is 12.4. The molecule has 0 bridgehead atoms. The fourth-order valence-corrected chi connectivity index (χ4v) is 5.89. The molecule has 148 valence electrons. The quantitative estimate of drug-likeness (QED) is 0.654. The highest BCUT2D eigenvalue weighted by atomic mass is 32.2. The fourth-order valence-electron chi connectivity index (χ4n) is 3.89. The minimum Gasteiger partial charge on any atom is -0.322 e. The average molecular weight is 406 g/mol. The highest BCUT2D eigenvalue weighted by molar-refractivity contribution is 7.90. The van der Waals surface area contributed by atoms with Crippen molar-refractivity contribution in [2.75, 3.05) is 5.32 Å². The number of benzene rings is 3. The van der Waals surface area contributed by atoms with Gasteiger partial charge in [0, 0.05) is 11.3 Å². The zero-order chi connectivity index (χ0) is 20.3. The van der Waals surface area contributed by atoms with E-state index in [1.807, 2.05) is 54.6 Å². The molecule has 0 fully saturated rings. The van der Waals surface area contributed by atoms with Crippen molar-refractivity contribution in [2.24, 2.45) is 0 Å². The third-order valence-electron chi connectivity index (χ3n) is 5.36. The molecule has 0 unspecified atom stereocenters. The molecular formula is C24H23NO3S. The van der Waals surface area contributed by atoms with Crippen LogP contribution in [0.4, 0.5) is 5.69 Å². The van der Waals surface area contributed by atoms with E-state index < -0.39 is 15.1 Å². The van der Waals surface area contributed by atoms with E-state index in [0.29, 0.717) is 17.5 Å². The van der Waals surface area contributed by atoms with Crippen LogP contribution in [0.2, 0.25) is 0 Å². The fraction of sp³-hybridized carbons (Fsp3) is 0.208. The maximum absolute atomic E-state index is 13.1. The van der Waals surface area contributed by atoms with Crippen LogP contribution in [0.1, 0.15) is 45.1 Å². The highest BCUT2D eigenvalue weighted by Crippen LogP contribution is 2.37. The van der Waals surface area contributed by atoms with Gasteiger partial charge in [0.15, 0.2) is 9.84 Å². The Morgan fingerprint density at radius 1 is 0.897 bits per heavy atom. The molecule has 0 aliphatic heterocycles. The number of aryl methyl sites for hydroxylation is 1. The first-order chi connectivity index (χ1) is 14.0. The number of carbonyl (C=O) groups excluding carboxylic acids is 1. The Balaban J connectivity index is 1.48. The van der Waals surface area contributed by atoms with Gasteiger partial charge >= 0.3 is 0 Å². The first kappa shape index (κ1) is 19.4. The van der Waals surface area contributed by atoms with E-state index in [4.69, 9.17) is 0 Å². The van der Waals surface area contributed by atoms with Gasteiger partial charge in [-0.15, -0.1) is 0 Å². The molecule has 0 saturated carbocycles. The van der Waals surface area contributed by atoms with Gasteiger partial charge in [0.2, 0.25) is 0 Å². The molecular weight excluding hydrogens is 382 g/mol. The topological polar surface area (TPSA) is 63.2 Å². The number of amides is 1. The van der Waals surface area contributed by atoms with Crippen molar-refractivity contribution in [3.05, 3.63) is 101 Å². The van der Waals surface area contributed by atoms with Crippen molar-refractivity contribution in [3.8, 4) is 0 Å². The standard InChI is InChI=1S/C24H23NO3S/c26-24(25-21-9-2-1-3-10-21)20-15-13-18(14-16-20)17-29(27,28)23-12-6-8-19-7-4-5-11-22(19)23/h1-5,7,9-11,13-16,23H,6,8,12,17H2,(H,25,26)/t23-/m1/s1. The number of sulfone groups is 1. The van der Waals surface area contributed by atoms with Gasteiger partial charge in [-0.1, -0.05) is 54.6 Å². The van der Waals surface area contributed by atoms with E-state index in [9.17, 15) is 13.2 Å². The monoisotopic (exact) mass is 405 g/mol. The number of anilines is 1. The molecule has 1 aliphatic rings. The van der Waals surface area contributed by atoms with Crippen LogP contribution in [-0.4, -0.2) is 14.3 Å². The highest BCUT2D eigenvalue weighted by Gasteiger charge is 2.31. The molecule has 29 heavy (non-hydrogen) atoms. The Bertz CT molecular complexity index is 1110. The number of nitrogens with one attached hydrogen (secondary N) is 1. The summed E-state index contributed by atoms with van der Waals surface area (Å²) in [7, 11) is -3.33. The summed E-state index contributed by atoms with van der Waals surface area (Å²) in [5, 5.41) is 2.38. The van der Waals surface area contributed by atoms with Gasteiger partial charge in [-0.25, -0.2) is 8.42 Å². The van der Waals surface area contributed by atoms with Crippen LogP contribution >= 0.6 is 0 Å². The van der Waals surface area contributed by atoms with Crippen molar-refractivity contribution < 1.29 is 13.2 Å². The zero-order valence-corrected chi connectivity index (χ0v) is 16.9. The molecule has 4 rings (SSSR count). The van der Waals surface area contributed by atoms with E-state index in [-0.39, 0.29) is 11.7 Å². The van der Waals surface area contributed by atoms with Crippen molar-refractivity contribution in [1.82, 2.24) is 0 Å². The van der Waals surface area contributed by atoms with Crippen molar-refractivity contribution in [2.45, 2.75) is 30.3 Å². The molecule has 4 nitrogen and oxygen atoms in total. The molecule has 0 spiro atoms. The Kier molecular flexibility index (Phi) is 5.49. The van der Waals surface area contributed by atoms with Gasteiger partial charge in [-0.2, -0.15) is 0 Å². The van der Waals surface area contributed by atoms with E-state index in [1.54, 1.807) is 24.3 Å². The lowest BCUT2D eigenvalue weighted by atomic mass is 9.91. The lowest BCUT2D eigenvalue weighted by Crippen LogP contribution is -2.20. The Morgan fingerprint density at radius 2 is 1.59 bits per heavy atom. The SMILES string of the molecule is O=C(Nc1ccccc1)c1ccc(CS(=O)(=O)[C@@H]2CCCc3ccccc32)cc1. The second-order valence-electron chi connectivity index (χ2n) is 7.40. The first-order valence-corrected chi connectivity index (χ1v) is 11.5. The summed E-state index contributed by atoms with van der Waals surface area (Å²) < 4.78 is 26.2. The predicted octanol–water partition coefficient (Wildman–Crippen LogP) is 4.93. The summed E-state index contributed by atoms with van der Waals surface area (Å²) in [6.45, 7) is 0. The Hall–Kier alpha value is -2.92. The molecule has 1 atom stereocenters. The molecule has 0 radical (unpaired) electrons. The Labute approximate surface area is 171 Å². The number of para-hydroxylation sites is 1. The number of fused-ring (bicyclic) bond motifs is 1. The largest absolute Gasteiger partial charge is 0.322 e. The molecule has 5 heteroatoms. The summed E-state index contributed by atoms with van der Waals surface area (Å²) in [6.07, 6.45) is 2.49. The molecule has 1 aliphatic carbocycles. The smallest absolute Gasteiger partial charge is 0.255 e. The molecule has 0 aromatic heterocycles. The number of rotatable bonds is 5. The first-order valence-electron chi connectivity index (χ1n) is 9.78. The number of carbonyl (C=O) groups is 1. The Morgan fingerprint density at radius 3 is 2.34 bits per heavy atom. The maximum Gasteiger partial charge on any atom is 0.255 e. The third kappa shape index (κ3) is 4.40. The number of hydrogen-bond donors (Lipinski definition) is 1. The van der Waals surface area contributed by atoms with Crippen LogP contribution in [-0.2, 0) is 22.0 Å². The van der Waals surface area contributed by atoms with E-state index >= 15 is 0 Å². The summed E-state index contributed by atoms with van der Waals surface area (Å²) >= 11 is 0. The van der Waals surface area contributed by atoms with Crippen LogP contribution in [0.15, 0.2) is 78.9 Å². The van der Waals surface area contributed by atoms with Crippen molar-refractivity contribution in [1.29, 1.82) is 0 Å². The third-order valence-corrected chi connectivity index (χ3v) is 7.46. The minimum atomic E-state index is -3.33. The molecule has 1 N–H and O–H groups in total. The van der Waals surface area contributed by atoms with Crippen LogP contribution in [0, 0.1) is 0 Å². The van der Waals surface area contributed by atoms with Crippen LogP contribution < -0.4 is 5.32 Å². The molecule has 0 saturated heterocycles. The van der Waals surface area contributed by atoms with Crippen LogP contribution in [0.3, 0.4) is 0 Å². The van der Waals surface area contributed by atoms with Gasteiger partial charge in [0.05, 0.1) is 11.0 Å². The van der Waals surface area contributed by atoms with Gasteiger partial charge in [-0.05, 0) is 60.2 Å². The summed E-state index contributed by atoms with van der Waals surface area (Å²) in [5.74, 6) is -0.237. The normalized spacial score (nSPS) is 16.1. The second kappa shape index (κ2) is 8.21. The summed E-state index contributed by atoms with van der Waals surface area (Å²) in [6, 6.07) is 23.9. The zero-order valence-electron chi connectivity index (χ0n) is 16.0. The lowest BCUT2D eigenvalue weighted by molar-refractivity contribution is 0.102. The van der Waals surface area contributed by atoms with Gasteiger partial charge < -0.3 is 5.32 Å². The van der Waals surface area contributed by atoms with Crippen LogP contribution in [0.5, 0.6) is 0 Å². The summed E-state index contributed by atoms with van der Waals surface area (Å²) in [5.41, 5.74) is 4.00. The van der Waals surface area contributed by atoms with E-state index in [1.165, 1.54) is 0 Å². The predicted molar refractivity (Wildman–Crippen MR) is 116 cm³/mol. The molecule has 3 aromatic carbocycles. The van der Waals surface area contributed by atoms with Gasteiger partial charge in [0.25, 0.3) is 5.91 Å². The van der Waals surface area contributed by atoms with Crippen molar-refractivity contribution in [3.63, 3.8) is 0 Å². The molecule has 0 heterocycles. The second-order valence-corrected chi connectivity index (χ2v) is 9.59. The van der Waals surface area contributed by atoms with E-state index in [0.717, 1.165) is 29.7 Å². The maximum atomic E-state index is 13.1. The van der Waals surface area contributed by atoms with Gasteiger partial charge in [-0.3, -0.25) is 4.79 Å². The van der Waals surface area contributed by atoms with Crippen LogP contribution in [0.25, 0.3) is 0 Å². The molecule has 1 amide bonds. The van der Waals surface area contributed by atoms with E-state index in [2.05, 4.69) is 5.32 Å². The molecule has 3 aromatic rings.